The number of aliphatic carboxylic acids is 1. The summed E-state index contributed by atoms with van der Waals surface area (Å²) in [6.07, 6.45) is 7.42. The van der Waals surface area contributed by atoms with Gasteiger partial charge in [0.2, 0.25) is 5.91 Å². The lowest BCUT2D eigenvalue weighted by atomic mass is 9.43. The van der Waals surface area contributed by atoms with E-state index < -0.39 is 18.1 Å². The van der Waals surface area contributed by atoms with Crippen molar-refractivity contribution in [2.75, 3.05) is 0 Å². The highest BCUT2D eigenvalue weighted by Crippen LogP contribution is 2.68. The summed E-state index contributed by atoms with van der Waals surface area (Å²) in [7, 11) is 0. The quantitative estimate of drug-likeness (QED) is 0.370. The molecule has 4 fully saturated rings. The van der Waals surface area contributed by atoms with Gasteiger partial charge in [-0.05, 0) is 111 Å². The minimum absolute atomic E-state index is 0.151. The van der Waals surface area contributed by atoms with Crippen molar-refractivity contribution in [3.63, 3.8) is 0 Å². The molecular formula is C28H47NO6. The highest BCUT2D eigenvalue weighted by atomic mass is 16.4. The van der Waals surface area contributed by atoms with Gasteiger partial charge in [0, 0.05) is 6.42 Å². The largest absolute Gasteiger partial charge is 0.480 e. The summed E-state index contributed by atoms with van der Waals surface area (Å²) in [5.41, 5.74) is 0.370. The second-order valence-electron chi connectivity index (χ2n) is 13.1. The number of fused-ring (bicyclic) bond motifs is 5. The van der Waals surface area contributed by atoms with Crippen molar-refractivity contribution >= 4 is 11.9 Å². The number of nitrogens with one attached hydrogen (secondary N) is 1. The standard InChI is InChI=1S/C28H47NO6/c1-15(5-8-23(33)29-25(16(2)30)26(34)35)19-6-7-20-24-21(10-12-28(19,20)4)27(3)11-9-18(31)13-17(27)14-22(24)32/h15-22,24-25,30-32H,5-14H2,1-4H3,(H,29,33)(H,34,35). The number of hydrogen-bond donors (Lipinski definition) is 5. The van der Waals surface area contributed by atoms with Gasteiger partial charge in [0.05, 0.1) is 18.3 Å². The lowest BCUT2D eigenvalue weighted by Crippen LogP contribution is -2.58. The summed E-state index contributed by atoms with van der Waals surface area (Å²) in [4.78, 5) is 23.7. The molecule has 0 bridgehead atoms. The number of aliphatic hydroxyl groups excluding tert-OH is 3. The molecule has 0 aromatic rings. The first kappa shape index (κ1) is 26.9. The van der Waals surface area contributed by atoms with E-state index in [-0.39, 0.29) is 35.4 Å². The van der Waals surface area contributed by atoms with E-state index in [2.05, 4.69) is 26.1 Å². The molecule has 12 unspecified atom stereocenters. The van der Waals surface area contributed by atoms with Gasteiger partial charge in [-0.1, -0.05) is 20.8 Å². The van der Waals surface area contributed by atoms with Crippen LogP contribution in [0.5, 0.6) is 0 Å². The Morgan fingerprint density at radius 1 is 0.971 bits per heavy atom. The predicted octanol–water partition coefficient (Wildman–Crippen LogP) is 3.34. The summed E-state index contributed by atoms with van der Waals surface area (Å²) < 4.78 is 0. The topological polar surface area (TPSA) is 127 Å². The van der Waals surface area contributed by atoms with Crippen LogP contribution in [0.4, 0.5) is 0 Å². The van der Waals surface area contributed by atoms with Crippen LogP contribution in [0.3, 0.4) is 0 Å². The molecular weight excluding hydrogens is 446 g/mol. The van der Waals surface area contributed by atoms with Crippen molar-refractivity contribution < 1.29 is 30.0 Å². The fraction of sp³-hybridized carbons (Fsp3) is 0.929. The molecule has 7 nitrogen and oxygen atoms in total. The third kappa shape index (κ3) is 4.77. The van der Waals surface area contributed by atoms with E-state index in [0.29, 0.717) is 41.9 Å². The van der Waals surface area contributed by atoms with Crippen molar-refractivity contribution in [2.45, 2.75) is 116 Å². The molecule has 0 radical (unpaired) electrons. The van der Waals surface area contributed by atoms with E-state index in [4.69, 9.17) is 0 Å². The number of carboxylic acid groups (broad SMARTS) is 1. The fourth-order valence-electron chi connectivity index (χ4n) is 9.37. The van der Waals surface area contributed by atoms with E-state index in [1.54, 1.807) is 0 Å². The minimum Gasteiger partial charge on any atom is -0.480 e. The van der Waals surface area contributed by atoms with Gasteiger partial charge < -0.3 is 25.7 Å². The first-order chi connectivity index (χ1) is 16.4. The number of rotatable bonds is 7. The Balaban J connectivity index is 1.41. The number of aliphatic hydroxyl groups is 3. The third-order valence-electron chi connectivity index (χ3n) is 11.3. The van der Waals surface area contributed by atoms with Gasteiger partial charge in [-0.15, -0.1) is 0 Å². The maximum atomic E-state index is 12.4. The Hall–Kier alpha value is -1.18. The molecule has 4 aliphatic rings. The fourth-order valence-corrected chi connectivity index (χ4v) is 9.37. The van der Waals surface area contributed by atoms with Crippen molar-refractivity contribution in [2.24, 2.45) is 46.3 Å². The Morgan fingerprint density at radius 2 is 1.63 bits per heavy atom. The molecule has 4 rings (SSSR count). The second kappa shape index (κ2) is 9.94. The molecule has 0 aromatic carbocycles. The zero-order chi connectivity index (χ0) is 25.7. The molecule has 12 atom stereocenters. The first-order valence-corrected chi connectivity index (χ1v) is 13.9. The number of amides is 1. The average Bonchev–Trinajstić information content (AvgIpc) is 3.13. The maximum Gasteiger partial charge on any atom is 0.328 e. The smallest absolute Gasteiger partial charge is 0.328 e. The molecule has 200 valence electrons. The monoisotopic (exact) mass is 493 g/mol. The molecule has 0 spiro atoms. The van der Waals surface area contributed by atoms with Crippen LogP contribution in [0.15, 0.2) is 0 Å². The zero-order valence-electron chi connectivity index (χ0n) is 21.9. The van der Waals surface area contributed by atoms with Gasteiger partial charge in [0.15, 0.2) is 6.04 Å². The van der Waals surface area contributed by atoms with Crippen LogP contribution in [0.25, 0.3) is 0 Å². The van der Waals surface area contributed by atoms with E-state index >= 15 is 0 Å². The van der Waals surface area contributed by atoms with Crippen LogP contribution in [0.1, 0.15) is 91.9 Å². The number of hydrogen-bond acceptors (Lipinski definition) is 5. The lowest BCUT2D eigenvalue weighted by Gasteiger charge is -2.62. The van der Waals surface area contributed by atoms with Crippen LogP contribution >= 0.6 is 0 Å². The predicted molar refractivity (Wildman–Crippen MR) is 132 cm³/mol. The van der Waals surface area contributed by atoms with E-state index in [9.17, 15) is 30.0 Å². The number of carbonyl (C=O) groups is 2. The highest BCUT2D eigenvalue weighted by molar-refractivity contribution is 5.83. The summed E-state index contributed by atoms with van der Waals surface area (Å²) in [6, 6.07) is -1.28. The number of carbonyl (C=O) groups excluding carboxylic acids is 1. The first-order valence-electron chi connectivity index (χ1n) is 13.9. The average molecular weight is 494 g/mol. The maximum absolute atomic E-state index is 12.4. The summed E-state index contributed by atoms with van der Waals surface area (Å²) in [6.45, 7) is 8.44. The van der Waals surface area contributed by atoms with Crippen molar-refractivity contribution in [1.82, 2.24) is 5.32 Å². The van der Waals surface area contributed by atoms with Gasteiger partial charge in [-0.25, -0.2) is 4.79 Å². The molecule has 7 heteroatoms. The molecule has 4 saturated carbocycles. The molecule has 5 N–H and O–H groups in total. The van der Waals surface area contributed by atoms with Crippen molar-refractivity contribution in [1.29, 1.82) is 0 Å². The van der Waals surface area contributed by atoms with Gasteiger partial charge in [0.25, 0.3) is 0 Å². The molecule has 35 heavy (non-hydrogen) atoms. The van der Waals surface area contributed by atoms with E-state index in [0.717, 1.165) is 51.4 Å². The molecule has 0 aliphatic heterocycles. The lowest BCUT2D eigenvalue weighted by molar-refractivity contribution is -0.174. The molecule has 4 aliphatic carbocycles. The summed E-state index contributed by atoms with van der Waals surface area (Å²) in [5, 5.41) is 43.0. The number of carboxylic acids is 1. The van der Waals surface area contributed by atoms with Gasteiger partial charge in [0.1, 0.15) is 0 Å². The van der Waals surface area contributed by atoms with Crippen LogP contribution in [0.2, 0.25) is 0 Å². The van der Waals surface area contributed by atoms with Crippen LogP contribution in [-0.4, -0.2) is 56.7 Å². The highest BCUT2D eigenvalue weighted by Gasteiger charge is 2.62. The SMILES string of the molecule is CC(O)C(NC(=O)CCC(C)C1CCC2C3C(O)CC4CC(O)CCC4(C)C3CCC12C)C(=O)O. The van der Waals surface area contributed by atoms with Crippen LogP contribution < -0.4 is 5.32 Å². The normalized spacial score (nSPS) is 45.4. The van der Waals surface area contributed by atoms with Gasteiger partial charge >= 0.3 is 5.97 Å². The second-order valence-corrected chi connectivity index (χ2v) is 13.1. The summed E-state index contributed by atoms with van der Waals surface area (Å²) >= 11 is 0. The van der Waals surface area contributed by atoms with Gasteiger partial charge in [-0.2, -0.15) is 0 Å². The minimum atomic E-state index is -1.28. The Kier molecular flexibility index (Phi) is 7.63. The third-order valence-corrected chi connectivity index (χ3v) is 11.3. The van der Waals surface area contributed by atoms with E-state index in [1.165, 1.54) is 6.92 Å². The molecule has 0 saturated heterocycles. The summed E-state index contributed by atoms with van der Waals surface area (Å²) in [5.74, 6) is 1.03. The van der Waals surface area contributed by atoms with Crippen molar-refractivity contribution in [3.8, 4) is 0 Å². The van der Waals surface area contributed by atoms with Crippen LogP contribution in [-0.2, 0) is 9.59 Å². The Morgan fingerprint density at radius 3 is 2.29 bits per heavy atom. The van der Waals surface area contributed by atoms with E-state index in [1.807, 2.05) is 0 Å². The Labute approximate surface area is 210 Å². The van der Waals surface area contributed by atoms with Gasteiger partial charge in [-0.3, -0.25) is 4.79 Å². The van der Waals surface area contributed by atoms with Crippen molar-refractivity contribution in [3.05, 3.63) is 0 Å². The Bertz CT molecular complexity index is 802. The zero-order valence-corrected chi connectivity index (χ0v) is 21.9. The molecule has 0 heterocycles. The molecule has 0 aromatic heterocycles. The molecule has 1 amide bonds. The van der Waals surface area contributed by atoms with Crippen LogP contribution in [0, 0.1) is 46.3 Å².